The molecule has 6 nitrogen and oxygen atoms in total. The maximum absolute atomic E-state index is 12.7. The van der Waals surface area contributed by atoms with Gasteiger partial charge in [0.15, 0.2) is 11.6 Å². The molecule has 2 heterocycles. The van der Waals surface area contributed by atoms with E-state index < -0.39 is 11.7 Å². The van der Waals surface area contributed by atoms with Gasteiger partial charge in [-0.3, -0.25) is 0 Å². The Balaban J connectivity index is 1.87. The Kier molecular flexibility index (Phi) is 5.04. The Morgan fingerprint density at radius 1 is 1.00 bits per heavy atom. The number of benzene rings is 1. The Bertz CT molecular complexity index is 977. The number of para-hydroxylation sites is 1. The molecule has 140 valence electrons. The maximum atomic E-state index is 12.7. The number of halogens is 4. The molecule has 0 aliphatic rings. The van der Waals surface area contributed by atoms with E-state index in [9.17, 15) is 13.2 Å². The van der Waals surface area contributed by atoms with Crippen LogP contribution >= 0.6 is 11.6 Å². The molecule has 0 radical (unpaired) electrons. The molecule has 0 bridgehead atoms. The molecule has 1 aromatic carbocycles. The van der Waals surface area contributed by atoms with Crippen LogP contribution in [0, 0.1) is 6.92 Å². The number of nitrogen functional groups attached to an aromatic ring is 1. The molecular formula is C17H14ClF3N6. The minimum absolute atomic E-state index is 0.00286. The number of rotatable bonds is 4. The number of hydrogen-bond acceptors (Lipinski definition) is 6. The summed E-state index contributed by atoms with van der Waals surface area (Å²) in [6.45, 7) is 1.92. The van der Waals surface area contributed by atoms with Gasteiger partial charge in [0.1, 0.15) is 17.8 Å². The molecule has 0 aliphatic carbocycles. The highest BCUT2D eigenvalue weighted by atomic mass is 35.5. The first-order valence-electron chi connectivity index (χ1n) is 7.68. The first kappa shape index (κ1) is 18.7. The van der Waals surface area contributed by atoms with Gasteiger partial charge in [-0.1, -0.05) is 29.8 Å². The maximum Gasteiger partial charge on any atom is 0.417 e. The van der Waals surface area contributed by atoms with Crippen LogP contribution in [0.3, 0.4) is 0 Å². The van der Waals surface area contributed by atoms with Gasteiger partial charge in [-0.15, -0.1) is 0 Å². The van der Waals surface area contributed by atoms with Crippen molar-refractivity contribution in [3.05, 3.63) is 59.0 Å². The predicted octanol–water partition coefficient (Wildman–Crippen LogP) is 4.92. The minimum atomic E-state index is -4.53. The summed E-state index contributed by atoms with van der Waals surface area (Å²) in [5, 5.41) is 5.61. The number of nitrogens with one attached hydrogen (secondary N) is 2. The predicted molar refractivity (Wildman–Crippen MR) is 98.4 cm³/mol. The van der Waals surface area contributed by atoms with Gasteiger partial charge in [0, 0.05) is 11.9 Å². The number of aryl methyl sites for hydroxylation is 1. The normalized spacial score (nSPS) is 11.3. The second-order valence-electron chi connectivity index (χ2n) is 5.60. The summed E-state index contributed by atoms with van der Waals surface area (Å²) in [5.74, 6) is 0.497. The number of anilines is 5. The van der Waals surface area contributed by atoms with Crippen molar-refractivity contribution in [3.63, 3.8) is 0 Å². The Hall–Kier alpha value is -3.07. The number of alkyl halides is 3. The molecule has 0 aliphatic heterocycles. The van der Waals surface area contributed by atoms with E-state index in [1.54, 1.807) is 0 Å². The number of hydrogen-bond donors (Lipinski definition) is 3. The largest absolute Gasteiger partial charge is 0.417 e. The van der Waals surface area contributed by atoms with E-state index in [4.69, 9.17) is 17.3 Å². The van der Waals surface area contributed by atoms with Crippen LogP contribution in [0.25, 0.3) is 0 Å². The number of nitrogens with two attached hydrogens (primary N) is 1. The lowest BCUT2D eigenvalue weighted by Crippen LogP contribution is -2.08. The Morgan fingerprint density at radius 2 is 1.67 bits per heavy atom. The summed E-state index contributed by atoms with van der Waals surface area (Å²) in [7, 11) is 0. The van der Waals surface area contributed by atoms with Crippen LogP contribution in [0.5, 0.6) is 0 Å². The van der Waals surface area contributed by atoms with Gasteiger partial charge in [-0.05, 0) is 24.6 Å². The summed E-state index contributed by atoms with van der Waals surface area (Å²) in [5.41, 5.74) is 7.08. The zero-order chi connectivity index (χ0) is 19.6. The van der Waals surface area contributed by atoms with E-state index in [1.165, 1.54) is 6.33 Å². The highest BCUT2D eigenvalue weighted by molar-refractivity contribution is 6.33. The van der Waals surface area contributed by atoms with Crippen molar-refractivity contribution >= 4 is 40.4 Å². The summed E-state index contributed by atoms with van der Waals surface area (Å²) >= 11 is 5.90. The molecule has 10 heteroatoms. The second kappa shape index (κ2) is 7.28. The standard InChI is InChI=1S/C17H14ClF3N6/c1-9-4-2-3-5-12(9)26-15-13(22)16(25-8-24-15)27-14-11(18)6-10(7-23-14)17(19,20)21/h2-8H,22H2,1H3,(H2,23,24,25,26,27). The third-order valence-electron chi connectivity index (χ3n) is 3.69. The van der Waals surface area contributed by atoms with Crippen molar-refractivity contribution in [2.24, 2.45) is 0 Å². The van der Waals surface area contributed by atoms with Gasteiger partial charge >= 0.3 is 6.18 Å². The van der Waals surface area contributed by atoms with Gasteiger partial charge in [0.25, 0.3) is 0 Å². The van der Waals surface area contributed by atoms with E-state index in [0.717, 1.165) is 17.3 Å². The fraction of sp³-hybridized carbons (Fsp3) is 0.118. The van der Waals surface area contributed by atoms with Gasteiger partial charge < -0.3 is 16.4 Å². The molecule has 0 fully saturated rings. The van der Waals surface area contributed by atoms with E-state index >= 15 is 0 Å². The average molecular weight is 395 g/mol. The van der Waals surface area contributed by atoms with Crippen molar-refractivity contribution in [2.75, 3.05) is 16.4 Å². The van der Waals surface area contributed by atoms with Crippen LogP contribution in [-0.2, 0) is 6.18 Å². The van der Waals surface area contributed by atoms with Crippen LogP contribution < -0.4 is 16.4 Å². The molecule has 27 heavy (non-hydrogen) atoms. The molecule has 0 atom stereocenters. The summed E-state index contributed by atoms with van der Waals surface area (Å²) in [4.78, 5) is 11.8. The Labute approximate surface area is 157 Å². The highest BCUT2D eigenvalue weighted by Crippen LogP contribution is 2.34. The van der Waals surface area contributed by atoms with E-state index in [2.05, 4.69) is 25.6 Å². The number of aromatic nitrogens is 3. The SMILES string of the molecule is Cc1ccccc1Nc1ncnc(Nc2ncc(C(F)(F)F)cc2Cl)c1N. The smallest absolute Gasteiger partial charge is 0.393 e. The molecule has 0 saturated heterocycles. The topological polar surface area (TPSA) is 88.8 Å². The van der Waals surface area contributed by atoms with Gasteiger partial charge in [0.05, 0.1) is 10.6 Å². The number of pyridine rings is 1. The molecule has 3 rings (SSSR count). The van der Waals surface area contributed by atoms with Crippen LogP contribution in [0.2, 0.25) is 5.02 Å². The van der Waals surface area contributed by atoms with Crippen LogP contribution in [0.4, 0.5) is 42.0 Å². The lowest BCUT2D eigenvalue weighted by atomic mass is 10.2. The zero-order valence-corrected chi connectivity index (χ0v) is 14.7. The second-order valence-corrected chi connectivity index (χ2v) is 6.01. The van der Waals surface area contributed by atoms with Crippen molar-refractivity contribution in [3.8, 4) is 0 Å². The zero-order valence-electron chi connectivity index (χ0n) is 14.0. The van der Waals surface area contributed by atoms with Crippen LogP contribution in [0.1, 0.15) is 11.1 Å². The number of nitrogens with zero attached hydrogens (tertiary/aromatic N) is 3. The molecule has 0 amide bonds. The third-order valence-corrected chi connectivity index (χ3v) is 3.98. The summed E-state index contributed by atoms with van der Waals surface area (Å²) in [6, 6.07) is 8.32. The lowest BCUT2D eigenvalue weighted by molar-refractivity contribution is -0.137. The third kappa shape index (κ3) is 4.20. The van der Waals surface area contributed by atoms with E-state index in [0.29, 0.717) is 12.0 Å². The Morgan fingerprint density at radius 3 is 2.30 bits per heavy atom. The molecule has 0 saturated carbocycles. The quantitative estimate of drug-likeness (QED) is 0.582. The lowest BCUT2D eigenvalue weighted by Gasteiger charge is -2.14. The van der Waals surface area contributed by atoms with Crippen molar-refractivity contribution < 1.29 is 13.2 Å². The van der Waals surface area contributed by atoms with Crippen LogP contribution in [-0.4, -0.2) is 15.0 Å². The molecule has 3 aromatic rings. The first-order valence-corrected chi connectivity index (χ1v) is 8.06. The molecule has 0 spiro atoms. The molecule has 0 unspecified atom stereocenters. The van der Waals surface area contributed by atoms with Gasteiger partial charge in [-0.25, -0.2) is 15.0 Å². The monoisotopic (exact) mass is 394 g/mol. The molecular weight excluding hydrogens is 381 g/mol. The highest BCUT2D eigenvalue weighted by Gasteiger charge is 2.31. The van der Waals surface area contributed by atoms with Gasteiger partial charge in [-0.2, -0.15) is 13.2 Å². The summed E-state index contributed by atoms with van der Waals surface area (Å²) in [6.07, 6.45) is -2.59. The van der Waals surface area contributed by atoms with E-state index in [1.807, 2.05) is 31.2 Å². The summed E-state index contributed by atoms with van der Waals surface area (Å²) < 4.78 is 38.1. The molecule has 2 aromatic heterocycles. The van der Waals surface area contributed by atoms with Crippen molar-refractivity contribution in [2.45, 2.75) is 13.1 Å². The minimum Gasteiger partial charge on any atom is -0.393 e. The first-order chi connectivity index (χ1) is 12.8. The van der Waals surface area contributed by atoms with E-state index in [-0.39, 0.29) is 22.3 Å². The van der Waals surface area contributed by atoms with Crippen molar-refractivity contribution in [1.82, 2.24) is 15.0 Å². The fourth-order valence-electron chi connectivity index (χ4n) is 2.23. The van der Waals surface area contributed by atoms with Crippen LogP contribution in [0.15, 0.2) is 42.9 Å². The average Bonchev–Trinajstić information content (AvgIpc) is 2.61. The molecule has 4 N–H and O–H groups in total. The van der Waals surface area contributed by atoms with Gasteiger partial charge in [0.2, 0.25) is 0 Å². The van der Waals surface area contributed by atoms with Crippen molar-refractivity contribution in [1.29, 1.82) is 0 Å². The fourth-order valence-corrected chi connectivity index (χ4v) is 2.45.